The summed E-state index contributed by atoms with van der Waals surface area (Å²) in [6.45, 7) is 4.57. The normalized spacial score (nSPS) is 12.5. The smallest absolute Gasteiger partial charge is 0.125 e. The third kappa shape index (κ3) is 2.94. The molecule has 1 atom stereocenters. The Morgan fingerprint density at radius 1 is 1.09 bits per heavy atom. The second kappa shape index (κ2) is 6.15. The lowest BCUT2D eigenvalue weighted by Gasteiger charge is -2.15. The third-order valence-corrected chi connectivity index (χ3v) is 3.63. The van der Waals surface area contributed by atoms with Crippen LogP contribution in [-0.2, 0) is 6.54 Å². The number of benzene rings is 2. The minimum absolute atomic E-state index is 0.222. The van der Waals surface area contributed by atoms with Crippen LogP contribution in [-0.4, -0.2) is 32.8 Å². The number of hydrogen-bond donors (Lipinski definition) is 1. The molecule has 1 N–H and O–H groups in total. The molecule has 22 heavy (non-hydrogen) atoms. The van der Waals surface area contributed by atoms with Crippen molar-refractivity contribution in [2.24, 2.45) is 0 Å². The Kier molecular flexibility index (Phi) is 4.06. The van der Waals surface area contributed by atoms with Gasteiger partial charge in [0.2, 0.25) is 0 Å². The molecular formula is C17H19N3O2. The Balaban J connectivity index is 1.67. The van der Waals surface area contributed by atoms with Crippen LogP contribution in [0.2, 0.25) is 0 Å². The van der Waals surface area contributed by atoms with Gasteiger partial charge in [-0.25, -0.2) is 4.68 Å². The Morgan fingerprint density at radius 3 is 2.59 bits per heavy atom. The highest BCUT2D eigenvalue weighted by molar-refractivity contribution is 5.73. The van der Waals surface area contributed by atoms with E-state index >= 15 is 0 Å². The molecule has 0 saturated heterocycles. The molecule has 0 bridgehead atoms. The van der Waals surface area contributed by atoms with Crippen LogP contribution in [0.5, 0.6) is 5.75 Å². The maximum Gasteiger partial charge on any atom is 0.125 e. The van der Waals surface area contributed by atoms with Crippen molar-refractivity contribution in [2.45, 2.75) is 26.5 Å². The summed E-state index contributed by atoms with van der Waals surface area (Å²) in [4.78, 5) is 0. The first-order valence-electron chi connectivity index (χ1n) is 7.30. The molecule has 1 aromatic heterocycles. The fraction of sp³-hybridized carbons (Fsp3) is 0.294. The second-order valence-electron chi connectivity index (χ2n) is 5.45. The molecule has 0 aliphatic heterocycles. The van der Waals surface area contributed by atoms with Crippen molar-refractivity contribution in [3.8, 4) is 5.75 Å². The first-order chi connectivity index (χ1) is 10.6. The van der Waals surface area contributed by atoms with Crippen molar-refractivity contribution in [1.29, 1.82) is 0 Å². The van der Waals surface area contributed by atoms with Crippen LogP contribution in [0.3, 0.4) is 0 Å². The van der Waals surface area contributed by atoms with Crippen molar-refractivity contribution in [3.63, 3.8) is 0 Å². The molecule has 0 saturated carbocycles. The summed E-state index contributed by atoms with van der Waals surface area (Å²) in [6.07, 6.45) is -0.649. The lowest BCUT2D eigenvalue weighted by molar-refractivity contribution is 0.0893. The highest BCUT2D eigenvalue weighted by Crippen LogP contribution is 2.22. The zero-order chi connectivity index (χ0) is 15.5. The maximum absolute atomic E-state index is 10.2. The van der Waals surface area contributed by atoms with Gasteiger partial charge in [0.25, 0.3) is 0 Å². The molecule has 114 valence electrons. The number of aromatic nitrogens is 3. The zero-order valence-electron chi connectivity index (χ0n) is 12.7. The molecule has 1 heterocycles. The van der Waals surface area contributed by atoms with E-state index in [-0.39, 0.29) is 6.61 Å². The van der Waals surface area contributed by atoms with Crippen molar-refractivity contribution in [3.05, 3.63) is 53.6 Å². The van der Waals surface area contributed by atoms with Gasteiger partial charge in [-0.1, -0.05) is 35.5 Å². The molecule has 0 amide bonds. The van der Waals surface area contributed by atoms with Crippen molar-refractivity contribution in [2.75, 3.05) is 6.61 Å². The van der Waals surface area contributed by atoms with Gasteiger partial charge in [0.05, 0.1) is 12.1 Å². The molecule has 0 aliphatic carbocycles. The first kappa shape index (κ1) is 14.5. The molecule has 5 heteroatoms. The Hall–Kier alpha value is -2.40. The fourth-order valence-electron chi connectivity index (χ4n) is 2.51. The quantitative estimate of drug-likeness (QED) is 0.786. The van der Waals surface area contributed by atoms with Crippen LogP contribution in [0.4, 0.5) is 0 Å². The lowest BCUT2D eigenvalue weighted by atomic mass is 10.1. The number of rotatable bonds is 5. The van der Waals surface area contributed by atoms with E-state index in [0.29, 0.717) is 6.54 Å². The summed E-state index contributed by atoms with van der Waals surface area (Å²) in [5.41, 5.74) is 3.87. The largest absolute Gasteiger partial charge is 0.490 e. The number of aliphatic hydroxyl groups excluding tert-OH is 1. The van der Waals surface area contributed by atoms with E-state index in [1.54, 1.807) is 4.68 Å². The van der Waals surface area contributed by atoms with Crippen molar-refractivity contribution < 1.29 is 9.84 Å². The van der Waals surface area contributed by atoms with Gasteiger partial charge in [-0.2, -0.15) is 0 Å². The predicted molar refractivity (Wildman–Crippen MR) is 84.9 cm³/mol. The third-order valence-electron chi connectivity index (χ3n) is 3.63. The molecule has 0 radical (unpaired) electrons. The van der Waals surface area contributed by atoms with Gasteiger partial charge in [-0.3, -0.25) is 0 Å². The molecule has 5 nitrogen and oxygen atoms in total. The number of nitrogens with zero attached hydrogens (tertiary/aromatic N) is 3. The minimum Gasteiger partial charge on any atom is -0.490 e. The number of hydrogen-bond acceptors (Lipinski definition) is 4. The average molecular weight is 297 g/mol. The Morgan fingerprint density at radius 2 is 1.82 bits per heavy atom. The van der Waals surface area contributed by atoms with Crippen molar-refractivity contribution in [1.82, 2.24) is 15.0 Å². The SMILES string of the molecule is Cc1cccc(C)c1OC[C@H](O)Cn1nnc2ccccc21. The monoisotopic (exact) mass is 297 g/mol. The van der Waals surface area contributed by atoms with Crippen molar-refractivity contribution >= 4 is 11.0 Å². The number of para-hydroxylation sites is 2. The lowest BCUT2D eigenvalue weighted by Crippen LogP contribution is -2.24. The minimum atomic E-state index is -0.649. The van der Waals surface area contributed by atoms with Gasteiger partial charge < -0.3 is 9.84 Å². The topological polar surface area (TPSA) is 60.2 Å². The number of fused-ring (bicyclic) bond motifs is 1. The number of ether oxygens (including phenoxy) is 1. The summed E-state index contributed by atoms with van der Waals surface area (Å²) < 4.78 is 7.48. The Bertz CT molecular complexity index is 762. The van der Waals surface area contributed by atoms with E-state index in [9.17, 15) is 5.11 Å². The predicted octanol–water partition coefficient (Wildman–Crippen LogP) is 2.49. The number of aliphatic hydroxyl groups is 1. The molecule has 3 rings (SSSR count). The van der Waals surface area contributed by atoms with Gasteiger partial charge in [-0.05, 0) is 37.1 Å². The van der Waals surface area contributed by atoms with E-state index in [0.717, 1.165) is 27.9 Å². The van der Waals surface area contributed by atoms with Crippen LogP contribution in [0.1, 0.15) is 11.1 Å². The molecular weight excluding hydrogens is 278 g/mol. The second-order valence-corrected chi connectivity index (χ2v) is 5.45. The molecule has 0 spiro atoms. The van der Waals surface area contributed by atoms with Gasteiger partial charge >= 0.3 is 0 Å². The fourth-order valence-corrected chi connectivity index (χ4v) is 2.51. The van der Waals surface area contributed by atoms with Gasteiger partial charge in [0.15, 0.2) is 0 Å². The van der Waals surface area contributed by atoms with E-state index < -0.39 is 6.10 Å². The van der Waals surface area contributed by atoms with Gasteiger partial charge in [-0.15, -0.1) is 5.10 Å². The van der Waals surface area contributed by atoms with Crippen LogP contribution in [0, 0.1) is 13.8 Å². The van der Waals surface area contributed by atoms with Crippen LogP contribution in [0.25, 0.3) is 11.0 Å². The summed E-state index contributed by atoms with van der Waals surface area (Å²) in [7, 11) is 0. The summed E-state index contributed by atoms with van der Waals surface area (Å²) in [6, 6.07) is 13.7. The van der Waals surface area contributed by atoms with Crippen LogP contribution >= 0.6 is 0 Å². The first-order valence-corrected chi connectivity index (χ1v) is 7.30. The summed E-state index contributed by atoms with van der Waals surface area (Å²) in [5, 5.41) is 18.4. The summed E-state index contributed by atoms with van der Waals surface area (Å²) in [5.74, 6) is 0.838. The molecule has 2 aromatic carbocycles. The molecule has 0 aliphatic rings. The van der Waals surface area contributed by atoms with Crippen LogP contribution < -0.4 is 4.74 Å². The van der Waals surface area contributed by atoms with E-state index in [1.165, 1.54) is 0 Å². The standard InChI is InChI=1S/C17H19N3O2/c1-12-6-5-7-13(2)17(12)22-11-14(21)10-20-16-9-4-3-8-15(16)18-19-20/h3-9,14,21H,10-11H2,1-2H3/t14-/m1/s1. The zero-order valence-corrected chi connectivity index (χ0v) is 12.7. The number of aryl methyl sites for hydroxylation is 2. The summed E-state index contributed by atoms with van der Waals surface area (Å²) >= 11 is 0. The van der Waals surface area contributed by atoms with Crippen LogP contribution in [0.15, 0.2) is 42.5 Å². The highest BCUT2D eigenvalue weighted by Gasteiger charge is 2.12. The maximum atomic E-state index is 10.2. The van der Waals surface area contributed by atoms with E-state index in [1.807, 2.05) is 56.3 Å². The molecule has 3 aromatic rings. The Labute approximate surface area is 129 Å². The molecule has 0 fully saturated rings. The van der Waals surface area contributed by atoms with E-state index in [2.05, 4.69) is 10.3 Å². The van der Waals surface area contributed by atoms with Gasteiger partial charge in [0, 0.05) is 0 Å². The van der Waals surface area contributed by atoms with E-state index in [4.69, 9.17) is 4.74 Å². The van der Waals surface area contributed by atoms with Gasteiger partial charge in [0.1, 0.15) is 24.0 Å². The molecule has 0 unspecified atom stereocenters. The highest BCUT2D eigenvalue weighted by atomic mass is 16.5. The average Bonchev–Trinajstić information content (AvgIpc) is 2.90.